The van der Waals surface area contributed by atoms with E-state index in [-0.39, 0.29) is 25.0 Å². The van der Waals surface area contributed by atoms with E-state index in [1.165, 1.54) is 6.08 Å². The molecule has 0 fully saturated rings. The Morgan fingerprint density at radius 1 is 0.878 bits per heavy atom. The van der Waals surface area contributed by atoms with Gasteiger partial charge < -0.3 is 31.5 Å². The smallest absolute Gasteiger partial charge is 0.313 e. The van der Waals surface area contributed by atoms with Crippen LogP contribution in [0.15, 0.2) is 84.9 Å². The lowest BCUT2D eigenvalue weighted by atomic mass is 9.92. The summed E-state index contributed by atoms with van der Waals surface area (Å²) in [6.45, 7) is 3.76. The summed E-state index contributed by atoms with van der Waals surface area (Å²) in [6, 6.07) is 21.0. The number of benzene rings is 3. The summed E-state index contributed by atoms with van der Waals surface area (Å²) < 4.78 is 5.54. The zero-order chi connectivity index (χ0) is 29.9. The zero-order valence-electron chi connectivity index (χ0n) is 23.5. The molecule has 0 heterocycles. The Balaban J connectivity index is 1.69. The maximum Gasteiger partial charge on any atom is 0.313 e. The molecule has 0 aliphatic carbocycles. The van der Waals surface area contributed by atoms with Crippen molar-refractivity contribution in [2.75, 3.05) is 0 Å². The van der Waals surface area contributed by atoms with Gasteiger partial charge >= 0.3 is 5.97 Å². The van der Waals surface area contributed by atoms with Gasteiger partial charge in [-0.05, 0) is 73.1 Å². The van der Waals surface area contributed by atoms with Crippen LogP contribution >= 0.6 is 0 Å². The molecule has 5 atom stereocenters. The van der Waals surface area contributed by atoms with E-state index < -0.39 is 42.1 Å². The first kappa shape index (κ1) is 31.5. The van der Waals surface area contributed by atoms with Gasteiger partial charge in [-0.2, -0.15) is 0 Å². The van der Waals surface area contributed by atoms with Crippen molar-refractivity contribution in [2.45, 2.75) is 63.9 Å². The van der Waals surface area contributed by atoms with Crippen LogP contribution in [0.5, 0.6) is 5.75 Å². The molecular formula is C33H40N2O6. The lowest BCUT2D eigenvalue weighted by molar-refractivity contribution is -0.161. The summed E-state index contributed by atoms with van der Waals surface area (Å²) in [6.07, 6.45) is 0.539. The normalized spacial score (nSPS) is 15.1. The average Bonchev–Trinajstić information content (AvgIpc) is 2.94. The first-order valence-electron chi connectivity index (χ1n) is 13.7. The zero-order valence-corrected chi connectivity index (χ0v) is 23.5. The molecule has 8 nitrogen and oxygen atoms in total. The highest BCUT2D eigenvalue weighted by atomic mass is 16.5. The summed E-state index contributed by atoms with van der Waals surface area (Å²) in [5.41, 5.74) is 16.1. The predicted octanol–water partition coefficient (Wildman–Crippen LogP) is 3.05. The maximum atomic E-state index is 13.3. The molecule has 0 radical (unpaired) electrons. The van der Waals surface area contributed by atoms with Crippen molar-refractivity contribution in [2.24, 2.45) is 17.4 Å². The molecular weight excluding hydrogens is 520 g/mol. The van der Waals surface area contributed by atoms with Crippen LogP contribution in [-0.4, -0.2) is 51.5 Å². The second-order valence-corrected chi connectivity index (χ2v) is 10.5. The van der Waals surface area contributed by atoms with E-state index in [1.807, 2.05) is 74.5 Å². The molecule has 5 unspecified atom stereocenters. The molecule has 0 spiro atoms. The van der Waals surface area contributed by atoms with Crippen molar-refractivity contribution < 1.29 is 29.6 Å². The molecule has 3 aromatic carbocycles. The van der Waals surface area contributed by atoms with E-state index in [9.17, 15) is 24.9 Å². The standard InChI is InChI=1S/C33H40N2O6/c1-21-16-25(36)17-22(2)26(21)20-28(34)30(38)15-9-14-29(37)27(18-23-10-5-3-6-11-23)33(40)41-31(32(35)39)19-24-12-7-4-8-13-24/h3-14,16-17,27-31,36-38H,15,18-20,34H2,1-2H3,(H2,35,39)/b14-9+. The molecule has 0 saturated carbocycles. The van der Waals surface area contributed by atoms with Crippen molar-refractivity contribution in [1.29, 1.82) is 0 Å². The number of amides is 1. The summed E-state index contributed by atoms with van der Waals surface area (Å²) in [5.74, 6) is -2.36. The number of aliphatic hydroxyl groups excluding tert-OH is 2. The number of ether oxygens (including phenoxy) is 1. The van der Waals surface area contributed by atoms with Gasteiger partial charge in [0.15, 0.2) is 6.10 Å². The van der Waals surface area contributed by atoms with E-state index in [1.54, 1.807) is 18.2 Å². The van der Waals surface area contributed by atoms with E-state index in [4.69, 9.17) is 16.2 Å². The van der Waals surface area contributed by atoms with Crippen LogP contribution in [0.2, 0.25) is 0 Å². The quantitative estimate of drug-likeness (QED) is 0.150. The molecule has 3 rings (SSSR count). The number of nitrogens with two attached hydrogens (primary N) is 2. The third-order valence-corrected chi connectivity index (χ3v) is 7.18. The Hall–Kier alpha value is -3.98. The van der Waals surface area contributed by atoms with Crippen molar-refractivity contribution >= 4 is 11.9 Å². The number of carbonyl (C=O) groups excluding carboxylic acids is 2. The SMILES string of the molecule is Cc1cc(O)cc(C)c1CC(N)C(O)C/C=C/C(O)C(Cc1ccccc1)C(=O)OC(Cc1ccccc1)C(N)=O. The Morgan fingerprint density at radius 3 is 1.95 bits per heavy atom. The van der Waals surface area contributed by atoms with Crippen LogP contribution in [-0.2, 0) is 33.6 Å². The highest BCUT2D eigenvalue weighted by molar-refractivity contribution is 5.83. The van der Waals surface area contributed by atoms with Crippen molar-refractivity contribution in [3.05, 3.63) is 113 Å². The number of carbonyl (C=O) groups is 2. The minimum Gasteiger partial charge on any atom is -0.508 e. The number of aromatic hydroxyl groups is 1. The number of phenolic OH excluding ortho intramolecular Hbond substituents is 1. The van der Waals surface area contributed by atoms with Gasteiger partial charge in [-0.25, -0.2) is 0 Å². The van der Waals surface area contributed by atoms with Gasteiger partial charge in [0.25, 0.3) is 5.91 Å². The van der Waals surface area contributed by atoms with Gasteiger partial charge in [-0.1, -0.05) is 72.8 Å². The van der Waals surface area contributed by atoms with Gasteiger partial charge in [0.05, 0.1) is 18.1 Å². The topological polar surface area (TPSA) is 156 Å². The molecule has 8 heteroatoms. The molecule has 0 aliphatic rings. The number of rotatable bonds is 14. The van der Waals surface area contributed by atoms with Crippen LogP contribution in [0, 0.1) is 19.8 Å². The van der Waals surface area contributed by atoms with E-state index in [0.29, 0.717) is 6.42 Å². The molecule has 0 aliphatic heterocycles. The average molecular weight is 561 g/mol. The van der Waals surface area contributed by atoms with Gasteiger partial charge in [-0.15, -0.1) is 0 Å². The summed E-state index contributed by atoms with van der Waals surface area (Å²) >= 11 is 0. The third-order valence-electron chi connectivity index (χ3n) is 7.18. The lowest BCUT2D eigenvalue weighted by Gasteiger charge is -2.23. The summed E-state index contributed by atoms with van der Waals surface area (Å²) in [7, 11) is 0. The highest BCUT2D eigenvalue weighted by Gasteiger charge is 2.31. The van der Waals surface area contributed by atoms with E-state index >= 15 is 0 Å². The Bertz CT molecular complexity index is 1290. The number of hydrogen-bond donors (Lipinski definition) is 5. The fourth-order valence-corrected chi connectivity index (χ4v) is 4.80. The van der Waals surface area contributed by atoms with E-state index in [0.717, 1.165) is 27.8 Å². The molecule has 218 valence electrons. The molecule has 0 aromatic heterocycles. The number of primary amides is 1. The highest BCUT2D eigenvalue weighted by Crippen LogP contribution is 2.23. The number of aliphatic hydroxyl groups is 2. The minimum absolute atomic E-state index is 0.121. The minimum atomic E-state index is -1.25. The maximum absolute atomic E-state index is 13.3. The first-order valence-corrected chi connectivity index (χ1v) is 13.7. The number of aryl methyl sites for hydroxylation is 2. The fraction of sp³-hybridized carbons (Fsp3) is 0.333. The Kier molecular flexibility index (Phi) is 11.6. The lowest BCUT2D eigenvalue weighted by Crippen LogP contribution is -2.39. The second kappa shape index (κ2) is 15.1. The second-order valence-electron chi connectivity index (χ2n) is 10.5. The third kappa shape index (κ3) is 9.56. The molecule has 0 bridgehead atoms. The van der Waals surface area contributed by atoms with Gasteiger partial charge in [0.1, 0.15) is 5.75 Å². The van der Waals surface area contributed by atoms with Crippen LogP contribution in [0.25, 0.3) is 0 Å². The summed E-state index contributed by atoms with van der Waals surface area (Å²) in [5, 5.41) is 31.5. The number of esters is 1. The molecule has 3 aromatic rings. The monoisotopic (exact) mass is 560 g/mol. The van der Waals surface area contributed by atoms with Gasteiger partial charge in [0, 0.05) is 12.5 Å². The molecule has 41 heavy (non-hydrogen) atoms. The molecule has 0 saturated heterocycles. The van der Waals surface area contributed by atoms with E-state index in [2.05, 4.69) is 0 Å². The molecule has 7 N–H and O–H groups in total. The van der Waals surface area contributed by atoms with Crippen molar-refractivity contribution in [3.8, 4) is 5.75 Å². The van der Waals surface area contributed by atoms with Crippen LogP contribution in [0.1, 0.15) is 34.2 Å². The van der Waals surface area contributed by atoms with Crippen LogP contribution in [0.4, 0.5) is 0 Å². The number of phenols is 1. The van der Waals surface area contributed by atoms with Gasteiger partial charge in [-0.3, -0.25) is 9.59 Å². The predicted molar refractivity (Wildman–Crippen MR) is 158 cm³/mol. The number of hydrogen-bond acceptors (Lipinski definition) is 7. The first-order chi connectivity index (χ1) is 19.5. The molecule has 1 amide bonds. The Morgan fingerprint density at radius 2 is 1.41 bits per heavy atom. The largest absolute Gasteiger partial charge is 0.508 e. The van der Waals surface area contributed by atoms with Crippen molar-refractivity contribution in [1.82, 2.24) is 0 Å². The van der Waals surface area contributed by atoms with Crippen LogP contribution < -0.4 is 11.5 Å². The summed E-state index contributed by atoms with van der Waals surface area (Å²) in [4.78, 5) is 25.4. The fourth-order valence-electron chi connectivity index (χ4n) is 4.80. The van der Waals surface area contributed by atoms with Crippen LogP contribution in [0.3, 0.4) is 0 Å². The van der Waals surface area contributed by atoms with Crippen molar-refractivity contribution in [3.63, 3.8) is 0 Å². The van der Waals surface area contributed by atoms with Gasteiger partial charge in [0.2, 0.25) is 0 Å². The Labute approximate surface area is 241 Å².